The summed E-state index contributed by atoms with van der Waals surface area (Å²) in [6.45, 7) is 0. The van der Waals surface area contributed by atoms with Crippen LogP contribution in [-0.4, -0.2) is 11.0 Å². The topological polar surface area (TPSA) is 60.0 Å². The molecule has 0 bridgehead atoms. The van der Waals surface area contributed by atoms with Crippen molar-refractivity contribution >= 4 is 0 Å². The summed E-state index contributed by atoms with van der Waals surface area (Å²) < 4.78 is 0. The molecule has 0 amide bonds. The van der Waals surface area contributed by atoms with Gasteiger partial charge in [0.1, 0.15) is 0 Å². The second-order valence-electron chi connectivity index (χ2n) is 0. The van der Waals surface area contributed by atoms with Crippen LogP contribution >= 0.6 is 0 Å². The van der Waals surface area contributed by atoms with Crippen molar-refractivity contribution in [2.45, 2.75) is 0 Å². The van der Waals surface area contributed by atoms with E-state index in [0.29, 0.717) is 0 Å². The smallest absolute Gasteiger partial charge is 0.870 e. The molecule has 1 radical (unpaired) electrons. The minimum atomic E-state index is 0. The van der Waals surface area contributed by atoms with E-state index in [2.05, 4.69) is 0 Å². The predicted molar refractivity (Wildman–Crippen MR) is 3.87 cm³/mol. The molecule has 4 heavy (non-hydrogen) atoms. The zero-order valence-electron chi connectivity index (χ0n) is 1.51. The third-order valence-corrected chi connectivity index (χ3v) is 0. The standard InChI is InChI=1S/Cu.Ni.2H2O/h;;2*1H2/q+2;;;/p-2. The Labute approximate surface area is 45.0 Å². The summed E-state index contributed by atoms with van der Waals surface area (Å²) >= 11 is 0. The third-order valence-electron chi connectivity index (χ3n) is 0. The molecule has 0 aliphatic heterocycles. The largest absolute Gasteiger partial charge is 2.00 e. The Morgan fingerprint density at radius 1 is 0.750 bits per heavy atom. The van der Waals surface area contributed by atoms with E-state index < -0.39 is 0 Å². The van der Waals surface area contributed by atoms with Crippen LogP contribution in [0.5, 0.6) is 0 Å². The van der Waals surface area contributed by atoms with Gasteiger partial charge < -0.3 is 11.0 Å². The maximum Gasteiger partial charge on any atom is 2.00 e. The molecular formula is H2CuNiO2. The first-order valence-corrected chi connectivity index (χ1v) is 0. The second-order valence-corrected chi connectivity index (χ2v) is 0. The van der Waals surface area contributed by atoms with E-state index in [4.69, 9.17) is 0 Å². The van der Waals surface area contributed by atoms with Gasteiger partial charge in [-0.3, -0.25) is 0 Å². The van der Waals surface area contributed by atoms with Crippen molar-refractivity contribution in [3.63, 3.8) is 0 Å². The average molecular weight is 156 g/mol. The molecule has 0 fully saturated rings. The maximum absolute atomic E-state index is 0. The van der Waals surface area contributed by atoms with Crippen LogP contribution in [0.1, 0.15) is 0 Å². The number of hydrogen-bond acceptors (Lipinski definition) is 2. The molecule has 0 heterocycles. The van der Waals surface area contributed by atoms with Crippen molar-refractivity contribution in [2.75, 3.05) is 0 Å². The zero-order chi connectivity index (χ0) is 0. The molecule has 0 rings (SSSR count). The Hall–Kier alpha value is 0.933. The van der Waals surface area contributed by atoms with Crippen LogP contribution in [0.2, 0.25) is 0 Å². The fraction of sp³-hybridized carbons (Fsp3) is 0. The maximum atomic E-state index is 0. The van der Waals surface area contributed by atoms with Crippen LogP contribution in [0, 0.1) is 0 Å². The van der Waals surface area contributed by atoms with E-state index in [1.807, 2.05) is 0 Å². The fourth-order valence-corrected chi connectivity index (χ4v) is 0. The molecule has 0 aliphatic carbocycles. The molecular weight excluding hydrogens is 154 g/mol. The van der Waals surface area contributed by atoms with E-state index in [1.54, 1.807) is 0 Å². The quantitative estimate of drug-likeness (QED) is 0.450. The SMILES string of the molecule is [Cu+2].[Ni].[OH-].[OH-]. The normalized spacial score (nSPS) is 0. The number of hydrogen-bond donors (Lipinski definition) is 0. The van der Waals surface area contributed by atoms with Crippen LogP contribution in [-0.2, 0) is 33.6 Å². The van der Waals surface area contributed by atoms with Crippen molar-refractivity contribution < 1.29 is 44.5 Å². The minimum absolute atomic E-state index is 0. The molecule has 2 nitrogen and oxygen atoms in total. The molecule has 35 valence electrons. The Morgan fingerprint density at radius 3 is 0.750 bits per heavy atom. The van der Waals surface area contributed by atoms with Crippen molar-refractivity contribution in [2.24, 2.45) is 0 Å². The van der Waals surface area contributed by atoms with Gasteiger partial charge in [-0.15, -0.1) is 0 Å². The minimum Gasteiger partial charge on any atom is -0.870 e. The van der Waals surface area contributed by atoms with Gasteiger partial charge in [-0.25, -0.2) is 0 Å². The van der Waals surface area contributed by atoms with Crippen LogP contribution in [0.3, 0.4) is 0 Å². The van der Waals surface area contributed by atoms with Crippen molar-refractivity contribution in [3.05, 3.63) is 0 Å². The van der Waals surface area contributed by atoms with Gasteiger partial charge in [0.15, 0.2) is 0 Å². The number of rotatable bonds is 0. The van der Waals surface area contributed by atoms with Gasteiger partial charge in [-0.05, 0) is 0 Å². The molecule has 0 saturated carbocycles. The Kier molecular flexibility index (Phi) is 852. The molecule has 0 aromatic rings. The zero-order valence-corrected chi connectivity index (χ0v) is 3.44. The molecule has 2 N–H and O–H groups in total. The van der Waals surface area contributed by atoms with Crippen molar-refractivity contribution in [1.82, 2.24) is 0 Å². The van der Waals surface area contributed by atoms with Gasteiger partial charge in [-0.2, -0.15) is 0 Å². The van der Waals surface area contributed by atoms with Crippen LogP contribution in [0.4, 0.5) is 0 Å². The predicted octanol–water partition coefficient (Wildman–Crippen LogP) is -0.359. The van der Waals surface area contributed by atoms with E-state index in [1.165, 1.54) is 0 Å². The molecule has 0 aromatic carbocycles. The van der Waals surface area contributed by atoms with E-state index in [9.17, 15) is 0 Å². The summed E-state index contributed by atoms with van der Waals surface area (Å²) in [6.07, 6.45) is 0. The van der Waals surface area contributed by atoms with Crippen LogP contribution in [0.15, 0.2) is 0 Å². The van der Waals surface area contributed by atoms with E-state index in [-0.39, 0.29) is 44.5 Å². The second kappa shape index (κ2) is 38.9. The average Bonchev–Trinajstić information content (AvgIpc) is 0. The van der Waals surface area contributed by atoms with E-state index >= 15 is 0 Å². The molecule has 0 aliphatic rings. The van der Waals surface area contributed by atoms with E-state index in [0.717, 1.165) is 0 Å². The summed E-state index contributed by atoms with van der Waals surface area (Å²) in [5, 5.41) is 0. The summed E-state index contributed by atoms with van der Waals surface area (Å²) in [5.41, 5.74) is 0. The molecule has 0 aromatic heterocycles. The Bertz CT molecular complexity index is 6.00. The van der Waals surface area contributed by atoms with Gasteiger partial charge in [0.25, 0.3) is 0 Å². The van der Waals surface area contributed by atoms with Crippen LogP contribution in [0.25, 0.3) is 0 Å². The van der Waals surface area contributed by atoms with Crippen molar-refractivity contribution in [1.29, 1.82) is 0 Å². The van der Waals surface area contributed by atoms with Gasteiger partial charge in [0.05, 0.1) is 0 Å². The molecule has 0 unspecified atom stereocenters. The Balaban J connectivity index is 0. The summed E-state index contributed by atoms with van der Waals surface area (Å²) in [6, 6.07) is 0. The first-order chi connectivity index (χ1) is 0. The first kappa shape index (κ1) is 87.7. The van der Waals surface area contributed by atoms with Gasteiger partial charge >= 0.3 is 17.1 Å². The van der Waals surface area contributed by atoms with Gasteiger partial charge in [0.2, 0.25) is 0 Å². The molecule has 0 spiro atoms. The van der Waals surface area contributed by atoms with Gasteiger partial charge in [0, 0.05) is 16.5 Å². The summed E-state index contributed by atoms with van der Waals surface area (Å²) in [7, 11) is 0. The Morgan fingerprint density at radius 2 is 0.750 bits per heavy atom. The molecule has 4 heteroatoms. The monoisotopic (exact) mass is 155 g/mol. The summed E-state index contributed by atoms with van der Waals surface area (Å²) in [4.78, 5) is 0. The van der Waals surface area contributed by atoms with Crippen molar-refractivity contribution in [3.8, 4) is 0 Å². The molecule has 0 atom stereocenters. The molecule has 0 saturated heterocycles. The third kappa shape index (κ3) is 12.6. The first-order valence-electron chi connectivity index (χ1n) is 0. The fourth-order valence-electron chi connectivity index (χ4n) is 0. The van der Waals surface area contributed by atoms with Gasteiger partial charge in [-0.1, -0.05) is 0 Å². The van der Waals surface area contributed by atoms with Crippen LogP contribution < -0.4 is 0 Å². The summed E-state index contributed by atoms with van der Waals surface area (Å²) in [5.74, 6) is 0.